The van der Waals surface area contributed by atoms with Gasteiger partial charge in [-0.05, 0) is 130 Å². The van der Waals surface area contributed by atoms with E-state index in [9.17, 15) is 58.2 Å². The Morgan fingerprint density at radius 2 is 0.761 bits per heavy atom. The lowest BCUT2D eigenvalue weighted by Gasteiger charge is -2.28. The van der Waals surface area contributed by atoms with Crippen molar-refractivity contribution in [1.82, 2.24) is 21.3 Å². The van der Waals surface area contributed by atoms with Crippen LogP contribution < -0.4 is 50.3 Å². The number of rotatable bonds is 10. The predicted octanol–water partition coefficient (Wildman–Crippen LogP) is 4.80. The van der Waals surface area contributed by atoms with Crippen molar-refractivity contribution in [3.63, 3.8) is 0 Å². The topological polar surface area (TPSA) is 291 Å². The van der Waals surface area contributed by atoms with Crippen molar-refractivity contribution in [1.29, 1.82) is 0 Å². The Morgan fingerprint density at radius 1 is 0.451 bits per heavy atom. The van der Waals surface area contributed by atoms with Gasteiger partial charge in [-0.15, -0.1) is 0 Å². The van der Waals surface area contributed by atoms with Crippen molar-refractivity contribution < 1.29 is 67.6 Å². The molecule has 22 heteroatoms. The van der Waals surface area contributed by atoms with Crippen LogP contribution in [-0.2, 0) is 28.8 Å². The number of phenols is 2. The van der Waals surface area contributed by atoms with Crippen LogP contribution in [0.5, 0.6) is 23.0 Å². The van der Waals surface area contributed by atoms with Gasteiger partial charge in [0.15, 0.2) is 11.6 Å². The van der Waals surface area contributed by atoms with Crippen LogP contribution in [0.15, 0.2) is 78.9 Å². The molecule has 4 heterocycles. The molecule has 71 heavy (non-hydrogen) atoms. The van der Waals surface area contributed by atoms with Crippen molar-refractivity contribution in [2.75, 3.05) is 59.0 Å². The lowest BCUT2D eigenvalue weighted by molar-refractivity contribution is -0.121. The number of benzene rings is 4. The quantitative estimate of drug-likeness (QED) is 0.124. The first kappa shape index (κ1) is 53.1. The summed E-state index contributed by atoms with van der Waals surface area (Å²) in [5.74, 6) is 0.328. The second kappa shape index (κ2) is 24.5. The molecular formula is C49H54N8O14. The molecule has 0 unspecified atom stereocenters. The Morgan fingerprint density at radius 3 is 1.08 bits per heavy atom. The van der Waals surface area contributed by atoms with Gasteiger partial charge in [-0.2, -0.15) is 0 Å². The third-order valence-corrected chi connectivity index (χ3v) is 10.6. The van der Waals surface area contributed by atoms with E-state index >= 15 is 0 Å². The van der Waals surface area contributed by atoms with Crippen LogP contribution in [0, 0.1) is 20.8 Å². The van der Waals surface area contributed by atoms with Gasteiger partial charge >= 0.3 is 24.1 Å². The zero-order valence-corrected chi connectivity index (χ0v) is 39.7. The number of hydrogen-bond donors (Lipinski definition) is 6. The monoisotopic (exact) mass is 978 g/mol. The number of carbonyl (C=O) groups is 10. The average molecular weight is 979 g/mol. The number of nitrogens with zero attached hydrogens (tertiary/aromatic N) is 4. The molecule has 0 aliphatic carbocycles. The van der Waals surface area contributed by atoms with E-state index < -0.39 is 24.1 Å². The summed E-state index contributed by atoms with van der Waals surface area (Å²) < 4.78 is 10.5. The van der Waals surface area contributed by atoms with Gasteiger partial charge in [0.25, 0.3) is 0 Å². The third-order valence-electron chi connectivity index (χ3n) is 10.6. The highest BCUT2D eigenvalue weighted by atomic mass is 16.5. The summed E-state index contributed by atoms with van der Waals surface area (Å²) in [7, 11) is 0. The van der Waals surface area contributed by atoms with Gasteiger partial charge in [0, 0.05) is 74.6 Å². The average Bonchev–Trinajstić information content (AvgIpc) is 3.30. The molecule has 4 aliphatic rings. The summed E-state index contributed by atoms with van der Waals surface area (Å²) in [5, 5.41) is 27.6. The molecule has 6 N–H and O–H groups in total. The molecule has 4 aromatic rings. The van der Waals surface area contributed by atoms with Gasteiger partial charge in [-0.1, -0.05) is 0 Å². The zero-order valence-electron chi connectivity index (χ0n) is 39.7. The molecule has 4 fully saturated rings. The fraction of sp³-hybridized carbons (Fsp3) is 0.306. The molecule has 0 saturated carbocycles. The Balaban J connectivity index is 0.000000177. The van der Waals surface area contributed by atoms with Crippen molar-refractivity contribution in [2.45, 2.75) is 60.3 Å². The van der Waals surface area contributed by atoms with Crippen LogP contribution >= 0.6 is 0 Å². The van der Waals surface area contributed by atoms with E-state index in [-0.39, 0.29) is 72.7 Å². The van der Waals surface area contributed by atoms with E-state index in [2.05, 4.69) is 21.3 Å². The molecule has 0 radical (unpaired) electrons. The minimum absolute atomic E-state index is 0.0253. The number of ether oxygens (including phenoxy) is 2. The number of aromatic hydroxyl groups is 2. The summed E-state index contributed by atoms with van der Waals surface area (Å²) >= 11 is 0. The van der Waals surface area contributed by atoms with E-state index in [4.69, 9.17) is 9.47 Å². The maximum Gasteiger partial charge on any atom is 0.328 e. The largest absolute Gasteiger partial charge is 0.508 e. The number of Topliss-reactive ketones (excluding diaryl/α,β-unsaturated/α-hetero) is 2. The summed E-state index contributed by atoms with van der Waals surface area (Å²) in [4.78, 5) is 118. The molecule has 8 rings (SSSR count). The number of carbonyl (C=O) groups excluding carboxylic acids is 10. The van der Waals surface area contributed by atoms with Gasteiger partial charge in [-0.25, -0.2) is 19.2 Å². The molecule has 4 aromatic carbocycles. The zero-order chi connectivity index (χ0) is 51.9. The maximum absolute atomic E-state index is 11.8. The minimum atomic E-state index is -0.423. The van der Waals surface area contributed by atoms with E-state index in [0.717, 1.165) is 22.4 Å². The Labute approximate surface area is 407 Å². The van der Waals surface area contributed by atoms with Crippen LogP contribution in [0.4, 0.5) is 41.9 Å². The Kier molecular flexibility index (Phi) is 18.3. The molecular weight excluding hydrogens is 925 g/mol. The summed E-state index contributed by atoms with van der Waals surface area (Å²) in [6.45, 7) is 9.87. The van der Waals surface area contributed by atoms with E-state index in [1.807, 2.05) is 6.92 Å². The molecule has 12 amide bonds. The van der Waals surface area contributed by atoms with E-state index in [0.29, 0.717) is 67.6 Å². The van der Waals surface area contributed by atoms with Crippen LogP contribution in [-0.4, -0.2) is 109 Å². The molecule has 4 saturated heterocycles. The second-order valence-corrected chi connectivity index (χ2v) is 16.4. The van der Waals surface area contributed by atoms with Crippen LogP contribution in [0.3, 0.4) is 0 Å². The summed E-state index contributed by atoms with van der Waals surface area (Å²) in [6, 6.07) is 19.9. The number of nitrogens with one attached hydrogen (secondary N) is 4. The van der Waals surface area contributed by atoms with Crippen molar-refractivity contribution >= 4 is 82.1 Å². The lowest BCUT2D eigenvalue weighted by Crippen LogP contribution is -2.49. The van der Waals surface area contributed by atoms with Gasteiger partial charge in [0.2, 0.25) is 23.6 Å². The standard InChI is InChI=1S/C14H16N2O4.C13H14N2O4.2C11H12N2O3/c1-9-7-11(20-8-10(2)17)3-4-12(9)16-6-5-13(18)15-14(16)19;1-9(16)8-19-11-4-2-10(3-5-11)15-7-6-12(17)14-13(15)18;2*1-7-6-8(14)2-3-9(7)13-5-4-10(15)12-11(13)16/h3-4,7H,5-6,8H2,1-2H3,(H,15,18,19);2-5H,6-8H2,1H3,(H,14,17,18);2*2-3,6,14H,4-5H2,1H3,(H,12,15,16). The number of amides is 12. The molecule has 374 valence electrons. The van der Waals surface area contributed by atoms with Crippen molar-refractivity contribution in [3.05, 3.63) is 95.6 Å². The van der Waals surface area contributed by atoms with Crippen molar-refractivity contribution in [2.24, 2.45) is 0 Å². The van der Waals surface area contributed by atoms with Gasteiger partial charge in [-0.3, -0.25) is 69.6 Å². The Bertz CT molecular complexity index is 2640. The third kappa shape index (κ3) is 15.3. The number of ketones is 2. The predicted molar refractivity (Wildman–Crippen MR) is 258 cm³/mol. The fourth-order valence-electron chi connectivity index (χ4n) is 7.19. The number of aryl methyl sites for hydroxylation is 3. The van der Waals surface area contributed by atoms with Gasteiger partial charge < -0.3 is 19.7 Å². The normalized spacial score (nSPS) is 15.6. The number of imide groups is 4. The molecule has 0 spiro atoms. The number of hydrogen-bond acceptors (Lipinski definition) is 14. The van der Waals surface area contributed by atoms with E-state index in [1.54, 1.807) is 80.6 Å². The first-order valence-electron chi connectivity index (χ1n) is 22.2. The van der Waals surface area contributed by atoms with E-state index in [1.165, 1.54) is 45.6 Å². The first-order valence-corrected chi connectivity index (χ1v) is 22.2. The molecule has 0 atom stereocenters. The molecule has 0 aromatic heterocycles. The SMILES string of the molecule is CC(=O)COc1ccc(N2CCC(=O)NC2=O)c(C)c1.CC(=O)COc1ccc(N2CCC(=O)NC2=O)cc1.Cc1cc(O)ccc1N1CCC(=O)NC1=O.Cc1cc(O)ccc1N1CCC(=O)NC1=O. The summed E-state index contributed by atoms with van der Waals surface area (Å²) in [5.41, 5.74) is 5.26. The molecule has 22 nitrogen and oxygen atoms in total. The van der Waals surface area contributed by atoms with Gasteiger partial charge in [0.1, 0.15) is 36.2 Å². The molecule has 0 bridgehead atoms. The lowest BCUT2D eigenvalue weighted by atomic mass is 10.1. The number of anilines is 4. The highest BCUT2D eigenvalue weighted by Gasteiger charge is 2.28. The maximum atomic E-state index is 11.8. The Hall–Kier alpha value is -8.82. The fourth-order valence-corrected chi connectivity index (χ4v) is 7.19. The number of urea groups is 4. The second-order valence-electron chi connectivity index (χ2n) is 16.4. The summed E-state index contributed by atoms with van der Waals surface area (Å²) in [6.07, 6.45) is 1.17. The molecule has 4 aliphatic heterocycles. The van der Waals surface area contributed by atoms with Crippen molar-refractivity contribution in [3.8, 4) is 23.0 Å². The highest BCUT2D eigenvalue weighted by Crippen LogP contribution is 2.28. The van der Waals surface area contributed by atoms with Crippen LogP contribution in [0.2, 0.25) is 0 Å². The van der Waals surface area contributed by atoms with Crippen LogP contribution in [0.25, 0.3) is 0 Å². The van der Waals surface area contributed by atoms with Gasteiger partial charge in [0.05, 0.1) is 0 Å². The van der Waals surface area contributed by atoms with Crippen LogP contribution in [0.1, 0.15) is 56.2 Å². The first-order chi connectivity index (χ1) is 33.7. The smallest absolute Gasteiger partial charge is 0.328 e. The minimum Gasteiger partial charge on any atom is -0.508 e. The highest BCUT2D eigenvalue weighted by molar-refractivity contribution is 6.08. The number of phenolic OH excluding ortho intramolecular Hbond substituents is 2.